The number of ether oxygens (including phenoxy) is 1. The van der Waals surface area contributed by atoms with Crippen LogP contribution in [0.2, 0.25) is 0 Å². The number of nitrogens with two attached hydrogens (primary N) is 1. The second-order valence-corrected chi connectivity index (χ2v) is 3.86. The Labute approximate surface area is 104 Å². The molecule has 0 aliphatic rings. The van der Waals surface area contributed by atoms with E-state index >= 15 is 0 Å². The van der Waals surface area contributed by atoms with E-state index in [1.807, 2.05) is 0 Å². The van der Waals surface area contributed by atoms with Gasteiger partial charge >= 0.3 is 0 Å². The molecule has 3 N–H and O–H groups in total. The summed E-state index contributed by atoms with van der Waals surface area (Å²) in [5.41, 5.74) is 6.22. The molecular weight excluding hydrogens is 234 g/mol. The molecule has 0 amide bonds. The van der Waals surface area contributed by atoms with Crippen LogP contribution in [-0.4, -0.2) is 35.0 Å². The number of aromatic hydroxyl groups is 1. The minimum atomic E-state index is -0.137. The van der Waals surface area contributed by atoms with Crippen molar-refractivity contribution < 1.29 is 14.4 Å². The molecule has 96 valence electrons. The molecular formula is C12H15N3O3. The molecule has 0 aliphatic carbocycles. The Bertz CT molecular complexity index is 509. The highest BCUT2D eigenvalue weighted by Gasteiger charge is 2.13. The zero-order chi connectivity index (χ0) is 13.0. The molecule has 1 aromatic carbocycles. The van der Waals surface area contributed by atoms with Crippen LogP contribution >= 0.6 is 0 Å². The second kappa shape index (κ2) is 5.61. The molecule has 0 radical (unpaired) electrons. The fourth-order valence-electron chi connectivity index (χ4n) is 1.56. The molecule has 18 heavy (non-hydrogen) atoms. The molecule has 0 aliphatic heterocycles. The summed E-state index contributed by atoms with van der Waals surface area (Å²) in [6, 6.07) is 6.68. The van der Waals surface area contributed by atoms with Gasteiger partial charge in [-0.2, -0.15) is 4.98 Å². The van der Waals surface area contributed by atoms with Crippen LogP contribution in [0.1, 0.15) is 5.89 Å². The van der Waals surface area contributed by atoms with Gasteiger partial charge in [0.1, 0.15) is 5.75 Å². The van der Waals surface area contributed by atoms with Crippen molar-refractivity contribution in [3.05, 3.63) is 30.2 Å². The molecule has 1 unspecified atom stereocenters. The van der Waals surface area contributed by atoms with Gasteiger partial charge in [0.2, 0.25) is 11.7 Å². The van der Waals surface area contributed by atoms with Gasteiger partial charge in [-0.15, -0.1) is 0 Å². The largest absolute Gasteiger partial charge is 0.508 e. The zero-order valence-electron chi connectivity index (χ0n) is 10.0. The van der Waals surface area contributed by atoms with E-state index in [1.165, 1.54) is 0 Å². The summed E-state index contributed by atoms with van der Waals surface area (Å²) < 4.78 is 10.3. The van der Waals surface area contributed by atoms with E-state index in [-0.39, 0.29) is 11.9 Å². The Morgan fingerprint density at radius 3 is 3.00 bits per heavy atom. The van der Waals surface area contributed by atoms with Crippen molar-refractivity contribution >= 4 is 0 Å². The maximum atomic E-state index is 9.38. The third-order valence-electron chi connectivity index (χ3n) is 2.57. The van der Waals surface area contributed by atoms with E-state index in [9.17, 15) is 5.11 Å². The van der Waals surface area contributed by atoms with Gasteiger partial charge in [0.25, 0.3) is 0 Å². The average molecular weight is 249 g/mol. The summed E-state index contributed by atoms with van der Waals surface area (Å²) in [5.74, 6) is 1.06. The number of phenolic OH excluding ortho intramolecular Hbond substituents is 1. The van der Waals surface area contributed by atoms with Crippen molar-refractivity contribution in [2.24, 2.45) is 5.73 Å². The number of hydrogen-bond donors (Lipinski definition) is 2. The Morgan fingerprint density at radius 1 is 1.50 bits per heavy atom. The van der Waals surface area contributed by atoms with Crippen LogP contribution in [0, 0.1) is 0 Å². The molecule has 1 atom stereocenters. The highest BCUT2D eigenvalue weighted by Crippen LogP contribution is 2.20. The van der Waals surface area contributed by atoms with Gasteiger partial charge in [-0.25, -0.2) is 0 Å². The van der Waals surface area contributed by atoms with Crippen molar-refractivity contribution in [2.75, 3.05) is 13.7 Å². The first-order valence-corrected chi connectivity index (χ1v) is 5.57. The third kappa shape index (κ3) is 2.85. The summed E-state index contributed by atoms with van der Waals surface area (Å²) in [4.78, 5) is 4.23. The van der Waals surface area contributed by atoms with E-state index in [2.05, 4.69) is 10.1 Å². The standard InChI is InChI=1S/C12H15N3O3/c1-17-10(7-13)6-11-14-12(15-18-11)8-3-2-4-9(16)5-8/h2-5,10,16H,6-7,13H2,1H3. The van der Waals surface area contributed by atoms with Crippen molar-refractivity contribution in [3.63, 3.8) is 0 Å². The number of methoxy groups -OCH3 is 1. The van der Waals surface area contributed by atoms with Crippen LogP contribution in [0.5, 0.6) is 5.75 Å². The van der Waals surface area contributed by atoms with Gasteiger partial charge in [0.05, 0.1) is 12.5 Å². The van der Waals surface area contributed by atoms with Crippen LogP contribution in [0.4, 0.5) is 0 Å². The predicted molar refractivity (Wildman–Crippen MR) is 65.0 cm³/mol. The van der Waals surface area contributed by atoms with Crippen molar-refractivity contribution in [3.8, 4) is 17.1 Å². The van der Waals surface area contributed by atoms with E-state index in [0.717, 1.165) is 0 Å². The van der Waals surface area contributed by atoms with Crippen LogP contribution in [0.3, 0.4) is 0 Å². The lowest BCUT2D eigenvalue weighted by atomic mass is 10.2. The normalized spacial score (nSPS) is 12.6. The van der Waals surface area contributed by atoms with Crippen molar-refractivity contribution in [2.45, 2.75) is 12.5 Å². The van der Waals surface area contributed by atoms with E-state index in [0.29, 0.717) is 30.2 Å². The SMILES string of the molecule is COC(CN)Cc1nc(-c2cccc(O)c2)no1. The summed E-state index contributed by atoms with van der Waals surface area (Å²) in [5, 5.41) is 13.2. The molecule has 0 spiro atoms. The van der Waals surface area contributed by atoms with Crippen molar-refractivity contribution in [1.82, 2.24) is 10.1 Å². The van der Waals surface area contributed by atoms with Gasteiger partial charge in [-0.1, -0.05) is 17.3 Å². The van der Waals surface area contributed by atoms with E-state index in [1.54, 1.807) is 31.4 Å². The summed E-state index contributed by atoms with van der Waals surface area (Å²) in [6.45, 7) is 0.389. The fraction of sp³-hybridized carbons (Fsp3) is 0.333. The Hall–Kier alpha value is -1.92. The number of benzene rings is 1. The molecule has 6 nitrogen and oxygen atoms in total. The van der Waals surface area contributed by atoms with Crippen LogP contribution in [0.25, 0.3) is 11.4 Å². The summed E-state index contributed by atoms with van der Waals surface area (Å²) >= 11 is 0. The topological polar surface area (TPSA) is 94.4 Å². The Kier molecular flexibility index (Phi) is 3.91. The number of phenols is 1. The molecule has 1 heterocycles. The van der Waals surface area contributed by atoms with Crippen LogP contribution in [-0.2, 0) is 11.2 Å². The van der Waals surface area contributed by atoms with Gasteiger partial charge < -0.3 is 20.1 Å². The van der Waals surface area contributed by atoms with Crippen molar-refractivity contribution in [1.29, 1.82) is 0 Å². The summed E-state index contributed by atoms with van der Waals surface area (Å²) in [7, 11) is 1.59. The van der Waals surface area contributed by atoms with Gasteiger partial charge in [-0.05, 0) is 12.1 Å². The predicted octanol–water partition coefficient (Wildman–Crippen LogP) is 0.958. The van der Waals surface area contributed by atoms with Crippen LogP contribution < -0.4 is 5.73 Å². The molecule has 6 heteroatoms. The minimum absolute atomic E-state index is 0.137. The monoisotopic (exact) mass is 249 g/mol. The number of nitrogens with zero attached hydrogens (tertiary/aromatic N) is 2. The number of aromatic nitrogens is 2. The molecule has 2 rings (SSSR count). The lowest BCUT2D eigenvalue weighted by Gasteiger charge is -2.08. The van der Waals surface area contributed by atoms with E-state index < -0.39 is 0 Å². The van der Waals surface area contributed by atoms with Crippen LogP contribution in [0.15, 0.2) is 28.8 Å². The molecule has 1 aromatic heterocycles. The quantitative estimate of drug-likeness (QED) is 0.819. The molecule has 0 fully saturated rings. The van der Waals surface area contributed by atoms with Gasteiger partial charge in [0, 0.05) is 19.2 Å². The first-order chi connectivity index (χ1) is 8.72. The maximum absolute atomic E-state index is 9.38. The molecule has 2 aromatic rings. The zero-order valence-corrected chi connectivity index (χ0v) is 10.0. The maximum Gasteiger partial charge on any atom is 0.229 e. The smallest absolute Gasteiger partial charge is 0.229 e. The van der Waals surface area contributed by atoms with E-state index in [4.69, 9.17) is 15.0 Å². The minimum Gasteiger partial charge on any atom is -0.508 e. The highest BCUT2D eigenvalue weighted by atomic mass is 16.5. The average Bonchev–Trinajstić information content (AvgIpc) is 2.84. The first kappa shape index (κ1) is 12.5. The lowest BCUT2D eigenvalue weighted by Crippen LogP contribution is -2.24. The lowest BCUT2D eigenvalue weighted by molar-refractivity contribution is 0.102. The Balaban J connectivity index is 2.15. The first-order valence-electron chi connectivity index (χ1n) is 5.57. The number of hydrogen-bond acceptors (Lipinski definition) is 6. The second-order valence-electron chi connectivity index (χ2n) is 3.86. The number of rotatable bonds is 5. The third-order valence-corrected chi connectivity index (χ3v) is 2.57. The highest BCUT2D eigenvalue weighted by molar-refractivity contribution is 5.56. The van der Waals surface area contributed by atoms with Gasteiger partial charge in [-0.3, -0.25) is 0 Å². The Morgan fingerprint density at radius 2 is 2.33 bits per heavy atom. The van der Waals surface area contributed by atoms with Gasteiger partial charge in [0.15, 0.2) is 0 Å². The molecule has 0 saturated heterocycles. The fourth-order valence-corrected chi connectivity index (χ4v) is 1.56. The molecule has 0 saturated carbocycles. The molecule has 0 bridgehead atoms. The summed E-state index contributed by atoms with van der Waals surface area (Å²) in [6.07, 6.45) is 0.334.